The fourth-order valence-electron chi connectivity index (χ4n) is 3.37. The molecule has 2 heterocycles. The lowest BCUT2D eigenvalue weighted by Crippen LogP contribution is -1.97. The van der Waals surface area contributed by atoms with E-state index in [0.29, 0.717) is 16.6 Å². The lowest BCUT2D eigenvalue weighted by molar-refractivity contribution is 0.627. The van der Waals surface area contributed by atoms with Gasteiger partial charge in [-0.05, 0) is 54.6 Å². The third-order valence-corrected chi connectivity index (χ3v) is 5.13. The maximum absolute atomic E-state index is 14.0. The van der Waals surface area contributed by atoms with Gasteiger partial charge in [0.15, 0.2) is 0 Å². The third-order valence-electron chi connectivity index (χ3n) is 4.64. The number of benzene rings is 3. The molecule has 3 aromatic carbocycles. The lowest BCUT2D eigenvalue weighted by Gasteiger charge is -2.06. The highest BCUT2D eigenvalue weighted by molar-refractivity contribution is 9.10. The summed E-state index contributed by atoms with van der Waals surface area (Å²) < 4.78 is 30.1. The van der Waals surface area contributed by atoms with E-state index >= 15 is 0 Å². The lowest BCUT2D eigenvalue weighted by atomic mass is 10.1. The van der Waals surface area contributed by atoms with Gasteiger partial charge in [-0.3, -0.25) is 4.98 Å². The van der Waals surface area contributed by atoms with E-state index in [1.54, 1.807) is 29.1 Å². The van der Waals surface area contributed by atoms with E-state index in [4.69, 9.17) is 5.10 Å². The molecule has 0 amide bonds. The minimum absolute atomic E-state index is 0.329. The van der Waals surface area contributed by atoms with Crippen LogP contribution in [-0.2, 0) is 0 Å². The van der Waals surface area contributed by atoms with Crippen LogP contribution in [0.2, 0.25) is 0 Å². The van der Waals surface area contributed by atoms with Crippen LogP contribution in [0.3, 0.4) is 0 Å². The first-order chi connectivity index (χ1) is 13.6. The van der Waals surface area contributed by atoms with Gasteiger partial charge >= 0.3 is 0 Å². The molecule has 0 fully saturated rings. The number of halogens is 3. The van der Waals surface area contributed by atoms with Crippen molar-refractivity contribution in [3.05, 3.63) is 89.0 Å². The summed E-state index contributed by atoms with van der Waals surface area (Å²) in [4.78, 5) is 4.49. The first kappa shape index (κ1) is 17.0. The Morgan fingerprint density at radius 3 is 2.39 bits per heavy atom. The zero-order chi connectivity index (χ0) is 19.3. The number of pyridine rings is 1. The van der Waals surface area contributed by atoms with Crippen LogP contribution < -0.4 is 0 Å². The Hall–Kier alpha value is -3.12. The van der Waals surface area contributed by atoms with Crippen molar-refractivity contribution < 1.29 is 8.78 Å². The fourth-order valence-corrected chi connectivity index (χ4v) is 3.77. The number of nitrogens with zero attached hydrogens (tertiary/aromatic N) is 3. The first-order valence-corrected chi connectivity index (χ1v) is 9.38. The van der Waals surface area contributed by atoms with Crippen LogP contribution >= 0.6 is 15.9 Å². The first-order valence-electron chi connectivity index (χ1n) is 8.59. The van der Waals surface area contributed by atoms with Crippen LogP contribution in [-0.4, -0.2) is 14.8 Å². The highest BCUT2D eigenvalue weighted by Crippen LogP contribution is 2.34. The van der Waals surface area contributed by atoms with Gasteiger partial charge < -0.3 is 0 Å². The van der Waals surface area contributed by atoms with Crippen LogP contribution in [0.1, 0.15) is 0 Å². The molecular formula is C22H12BrF2N3. The van der Waals surface area contributed by atoms with E-state index in [1.807, 2.05) is 24.3 Å². The van der Waals surface area contributed by atoms with Crippen molar-refractivity contribution >= 4 is 37.7 Å². The summed E-state index contributed by atoms with van der Waals surface area (Å²) in [5.41, 5.74) is 3.70. The second-order valence-electron chi connectivity index (χ2n) is 6.43. The molecule has 0 N–H and O–H groups in total. The molecule has 0 saturated heterocycles. The van der Waals surface area contributed by atoms with E-state index in [1.165, 1.54) is 24.3 Å². The average Bonchev–Trinajstić information content (AvgIpc) is 3.09. The Labute approximate surface area is 167 Å². The normalized spacial score (nSPS) is 11.4. The average molecular weight is 436 g/mol. The van der Waals surface area contributed by atoms with Gasteiger partial charge in [0, 0.05) is 27.0 Å². The standard InChI is InChI=1S/C22H12BrF2N3/c23-14-3-1-2-13(10-14)21-19-12-26-20-9-6-16(25)11-18(20)22(19)28(27-21)17-7-4-15(24)5-8-17/h1-12H. The zero-order valence-electron chi connectivity index (χ0n) is 14.4. The van der Waals surface area contributed by atoms with E-state index in [-0.39, 0.29) is 11.6 Å². The molecule has 28 heavy (non-hydrogen) atoms. The van der Waals surface area contributed by atoms with Gasteiger partial charge in [-0.1, -0.05) is 28.1 Å². The molecule has 3 nitrogen and oxygen atoms in total. The largest absolute Gasteiger partial charge is 0.255 e. The van der Waals surface area contributed by atoms with Crippen LogP contribution in [0.25, 0.3) is 38.8 Å². The quantitative estimate of drug-likeness (QED) is 0.326. The smallest absolute Gasteiger partial charge is 0.124 e. The molecule has 0 aliphatic rings. The molecular weight excluding hydrogens is 424 g/mol. The molecule has 0 unspecified atom stereocenters. The van der Waals surface area contributed by atoms with Crippen LogP contribution in [0.5, 0.6) is 0 Å². The fraction of sp³-hybridized carbons (Fsp3) is 0. The predicted octanol–water partition coefficient (Wildman–Crippen LogP) is 6.28. The summed E-state index contributed by atoms with van der Waals surface area (Å²) >= 11 is 3.49. The summed E-state index contributed by atoms with van der Waals surface area (Å²) in [7, 11) is 0. The van der Waals surface area contributed by atoms with Gasteiger partial charge in [0.25, 0.3) is 0 Å². The molecule has 6 heteroatoms. The van der Waals surface area contributed by atoms with Crippen LogP contribution in [0, 0.1) is 11.6 Å². The number of aromatic nitrogens is 3. The van der Waals surface area contributed by atoms with Crippen molar-refractivity contribution in [1.29, 1.82) is 0 Å². The molecule has 5 rings (SSSR count). The maximum Gasteiger partial charge on any atom is 0.124 e. The van der Waals surface area contributed by atoms with Gasteiger partial charge in [0.1, 0.15) is 17.3 Å². The zero-order valence-corrected chi connectivity index (χ0v) is 16.0. The number of rotatable bonds is 2. The van der Waals surface area contributed by atoms with Crippen LogP contribution in [0.15, 0.2) is 77.4 Å². The van der Waals surface area contributed by atoms with E-state index < -0.39 is 0 Å². The summed E-state index contributed by atoms with van der Waals surface area (Å²) in [6.07, 6.45) is 1.75. The summed E-state index contributed by atoms with van der Waals surface area (Å²) in [5.74, 6) is -0.678. The number of fused-ring (bicyclic) bond motifs is 3. The van der Waals surface area contributed by atoms with Crippen molar-refractivity contribution in [3.63, 3.8) is 0 Å². The van der Waals surface area contributed by atoms with Gasteiger partial charge in [-0.25, -0.2) is 13.5 Å². The molecule has 0 atom stereocenters. The summed E-state index contributed by atoms with van der Waals surface area (Å²) in [6.45, 7) is 0. The van der Waals surface area contributed by atoms with Gasteiger partial charge in [0.05, 0.1) is 16.7 Å². The number of hydrogen-bond donors (Lipinski definition) is 0. The number of hydrogen-bond acceptors (Lipinski definition) is 2. The highest BCUT2D eigenvalue weighted by atomic mass is 79.9. The molecule has 0 saturated carbocycles. The van der Waals surface area contributed by atoms with Crippen molar-refractivity contribution in [1.82, 2.24) is 14.8 Å². The highest BCUT2D eigenvalue weighted by Gasteiger charge is 2.17. The Morgan fingerprint density at radius 1 is 0.821 bits per heavy atom. The Balaban J connectivity index is 1.91. The molecule has 0 radical (unpaired) electrons. The Bertz CT molecular complexity index is 1340. The van der Waals surface area contributed by atoms with E-state index in [9.17, 15) is 8.78 Å². The molecule has 5 aromatic rings. The monoisotopic (exact) mass is 435 g/mol. The molecule has 2 aromatic heterocycles. The maximum atomic E-state index is 14.0. The van der Waals surface area contributed by atoms with Crippen molar-refractivity contribution in [2.45, 2.75) is 0 Å². The summed E-state index contributed by atoms with van der Waals surface area (Å²) in [5, 5.41) is 6.23. The second-order valence-corrected chi connectivity index (χ2v) is 7.34. The third kappa shape index (κ3) is 2.77. The van der Waals surface area contributed by atoms with Crippen molar-refractivity contribution in [2.75, 3.05) is 0 Å². The topological polar surface area (TPSA) is 30.7 Å². The Morgan fingerprint density at radius 2 is 1.61 bits per heavy atom. The van der Waals surface area contributed by atoms with Crippen molar-refractivity contribution in [3.8, 4) is 16.9 Å². The van der Waals surface area contributed by atoms with Gasteiger partial charge in [-0.15, -0.1) is 0 Å². The van der Waals surface area contributed by atoms with E-state index in [0.717, 1.165) is 26.6 Å². The van der Waals surface area contributed by atoms with Gasteiger partial charge in [-0.2, -0.15) is 5.10 Å². The second kappa shape index (κ2) is 6.49. The summed E-state index contributed by atoms with van der Waals surface area (Å²) in [6, 6.07) is 18.3. The molecule has 0 aliphatic heterocycles. The van der Waals surface area contributed by atoms with Gasteiger partial charge in [0.2, 0.25) is 0 Å². The molecule has 0 spiro atoms. The molecule has 0 aliphatic carbocycles. The minimum Gasteiger partial charge on any atom is -0.255 e. The molecule has 136 valence electrons. The minimum atomic E-state index is -0.349. The van der Waals surface area contributed by atoms with Crippen molar-refractivity contribution in [2.24, 2.45) is 0 Å². The molecule has 0 bridgehead atoms. The Kier molecular flexibility index (Phi) is 3.94. The van der Waals surface area contributed by atoms with Crippen LogP contribution in [0.4, 0.5) is 8.78 Å². The van der Waals surface area contributed by atoms with E-state index in [2.05, 4.69) is 20.9 Å². The predicted molar refractivity (Wildman–Crippen MR) is 109 cm³/mol. The SMILES string of the molecule is Fc1ccc(-n2nc(-c3cccc(Br)c3)c3cnc4ccc(F)cc4c32)cc1.